The number of aromatic nitrogens is 1. The molecule has 0 bridgehead atoms. The van der Waals surface area contributed by atoms with Gasteiger partial charge in [-0.25, -0.2) is 18.2 Å². The van der Waals surface area contributed by atoms with Crippen LogP contribution in [0.5, 0.6) is 0 Å². The van der Waals surface area contributed by atoms with Crippen LogP contribution in [-0.2, 0) is 29.3 Å². The number of carbonyl (C=O) groups excluding carboxylic acids is 2. The summed E-state index contributed by atoms with van der Waals surface area (Å²) in [4.78, 5) is 41.5. The normalized spacial score (nSPS) is 13.6. The summed E-state index contributed by atoms with van der Waals surface area (Å²) in [6, 6.07) is 17.8. The number of sulfone groups is 1. The second kappa shape index (κ2) is 10.2. The summed E-state index contributed by atoms with van der Waals surface area (Å²) in [7, 11) is -3.89. The van der Waals surface area contributed by atoms with Crippen LogP contribution in [-0.4, -0.2) is 36.3 Å². The van der Waals surface area contributed by atoms with E-state index >= 15 is 0 Å². The number of rotatable bonds is 6. The maximum Gasteiger partial charge on any atom is 0.404 e. The first-order chi connectivity index (χ1) is 18.2. The Hall–Kier alpha value is -4.35. The third-order valence-electron chi connectivity index (χ3n) is 6.06. The lowest BCUT2D eigenvalue weighted by atomic mass is 10.0. The lowest BCUT2D eigenvalue weighted by Crippen LogP contribution is -2.22. The Balaban J connectivity index is 1.28. The third-order valence-corrected chi connectivity index (χ3v) is 9.02. The maximum absolute atomic E-state index is 13.2. The number of carbonyl (C=O) groups is 3. The lowest BCUT2D eigenvalue weighted by molar-refractivity contribution is 0.0948. The molecule has 2 heterocycles. The van der Waals surface area contributed by atoms with Gasteiger partial charge in [-0.3, -0.25) is 9.59 Å². The first-order valence-electron chi connectivity index (χ1n) is 11.5. The smallest absolute Gasteiger partial charge is 0.404 e. The van der Waals surface area contributed by atoms with E-state index in [4.69, 9.17) is 5.11 Å². The lowest BCUT2D eigenvalue weighted by Gasteiger charge is -2.09. The molecule has 38 heavy (non-hydrogen) atoms. The maximum atomic E-state index is 13.2. The van der Waals surface area contributed by atoms with Crippen molar-refractivity contribution in [3.63, 3.8) is 0 Å². The van der Waals surface area contributed by atoms with Crippen LogP contribution < -0.4 is 10.6 Å². The zero-order valence-corrected chi connectivity index (χ0v) is 21.4. The number of ketones is 1. The van der Waals surface area contributed by atoms with E-state index < -0.39 is 21.8 Å². The Bertz CT molecular complexity index is 1680. The molecule has 0 spiro atoms. The van der Waals surface area contributed by atoms with Crippen LogP contribution >= 0.6 is 11.3 Å². The Kier molecular flexibility index (Phi) is 6.79. The molecule has 3 aromatic carbocycles. The van der Waals surface area contributed by atoms with E-state index in [1.54, 1.807) is 18.3 Å². The molecule has 9 nitrogen and oxygen atoms in total. The van der Waals surface area contributed by atoms with E-state index in [0.717, 1.165) is 21.0 Å². The fourth-order valence-electron chi connectivity index (χ4n) is 4.17. The van der Waals surface area contributed by atoms with Crippen LogP contribution in [0.3, 0.4) is 0 Å². The summed E-state index contributed by atoms with van der Waals surface area (Å²) >= 11 is 1.41. The summed E-state index contributed by atoms with van der Waals surface area (Å²) in [5.41, 5.74) is 2.39. The number of hydrogen-bond donors (Lipinski definition) is 3. The number of fused-ring (bicyclic) bond motifs is 2. The molecule has 5 rings (SSSR count). The molecule has 0 atom stereocenters. The summed E-state index contributed by atoms with van der Waals surface area (Å²) in [5.74, 6) is -0.714. The number of thiazole rings is 1. The quantitative estimate of drug-likeness (QED) is 0.330. The average Bonchev–Trinajstić information content (AvgIpc) is 3.37. The van der Waals surface area contributed by atoms with Crippen LogP contribution in [0, 0.1) is 0 Å². The standard InChI is InChI=1S/C27H21N3O6S2/c31-22-12-19-11-18(9-10-23(19)38(35,36)24-4-2-1-3-21(22)24)25(32)28-14-20-15-29-26(37-20)17-7-5-16(6-8-17)13-30-27(33)34/h1-11,15,30H,12-14H2,(H,28,32)(H,33,34). The van der Waals surface area contributed by atoms with Crippen molar-refractivity contribution in [3.8, 4) is 10.6 Å². The van der Waals surface area contributed by atoms with Crippen molar-refractivity contribution < 1.29 is 27.9 Å². The predicted octanol–water partition coefficient (Wildman–Crippen LogP) is 4.08. The van der Waals surface area contributed by atoms with Gasteiger partial charge in [-0.05, 0) is 35.4 Å². The largest absolute Gasteiger partial charge is 0.465 e. The van der Waals surface area contributed by atoms with Crippen molar-refractivity contribution in [2.24, 2.45) is 0 Å². The van der Waals surface area contributed by atoms with Crippen LogP contribution in [0.1, 0.15) is 36.7 Å². The minimum atomic E-state index is -3.89. The number of benzene rings is 3. The number of carboxylic acid groups (broad SMARTS) is 1. The molecule has 3 N–H and O–H groups in total. The fourth-order valence-corrected chi connectivity index (χ4v) is 6.72. The van der Waals surface area contributed by atoms with E-state index in [2.05, 4.69) is 15.6 Å². The highest BCUT2D eigenvalue weighted by molar-refractivity contribution is 7.91. The Labute approximate surface area is 222 Å². The minimum absolute atomic E-state index is 0.0199. The first kappa shape index (κ1) is 25.3. The molecule has 0 saturated carbocycles. The van der Waals surface area contributed by atoms with Crippen molar-refractivity contribution in [2.45, 2.75) is 29.3 Å². The number of nitrogens with zero attached hydrogens (tertiary/aromatic N) is 1. The van der Waals surface area contributed by atoms with Crippen LogP contribution in [0.2, 0.25) is 0 Å². The van der Waals surface area contributed by atoms with Crippen LogP contribution in [0.4, 0.5) is 4.79 Å². The van der Waals surface area contributed by atoms with E-state index in [1.807, 2.05) is 24.3 Å². The topological polar surface area (TPSA) is 143 Å². The monoisotopic (exact) mass is 547 g/mol. The van der Waals surface area contributed by atoms with Gasteiger partial charge < -0.3 is 15.7 Å². The fraction of sp³-hybridized carbons (Fsp3) is 0.111. The van der Waals surface area contributed by atoms with Crippen molar-refractivity contribution in [1.82, 2.24) is 15.6 Å². The Morgan fingerprint density at radius 3 is 2.47 bits per heavy atom. The first-order valence-corrected chi connectivity index (χ1v) is 13.8. The Morgan fingerprint density at radius 2 is 1.71 bits per heavy atom. The van der Waals surface area contributed by atoms with Crippen molar-refractivity contribution in [2.75, 3.05) is 0 Å². The predicted molar refractivity (Wildman–Crippen MR) is 140 cm³/mol. The van der Waals surface area contributed by atoms with Gasteiger partial charge in [0.05, 0.1) is 16.3 Å². The highest BCUT2D eigenvalue weighted by Gasteiger charge is 2.31. The van der Waals surface area contributed by atoms with Gasteiger partial charge in [0.2, 0.25) is 9.84 Å². The summed E-state index contributed by atoms with van der Waals surface area (Å²) in [5, 5.41) is 14.6. The molecular weight excluding hydrogens is 526 g/mol. The molecule has 0 unspecified atom stereocenters. The van der Waals surface area contributed by atoms with E-state index in [-0.39, 0.29) is 46.2 Å². The highest BCUT2D eigenvalue weighted by Crippen LogP contribution is 2.32. The summed E-state index contributed by atoms with van der Waals surface area (Å²) < 4.78 is 26.3. The Morgan fingerprint density at radius 1 is 0.947 bits per heavy atom. The third kappa shape index (κ3) is 5.06. The van der Waals surface area contributed by atoms with Gasteiger partial charge in [0.15, 0.2) is 5.78 Å². The van der Waals surface area contributed by atoms with Gasteiger partial charge in [-0.15, -0.1) is 11.3 Å². The molecule has 4 aromatic rings. The molecule has 0 fully saturated rings. The summed E-state index contributed by atoms with van der Waals surface area (Å²) in [6.45, 7) is 0.428. The molecule has 0 saturated heterocycles. The minimum Gasteiger partial charge on any atom is -0.465 e. The molecule has 11 heteroatoms. The zero-order valence-electron chi connectivity index (χ0n) is 19.8. The van der Waals surface area contributed by atoms with Gasteiger partial charge in [-0.2, -0.15) is 0 Å². The molecule has 2 amide bonds. The van der Waals surface area contributed by atoms with Crippen LogP contribution in [0.15, 0.2) is 82.7 Å². The SMILES string of the molecule is O=C(O)NCc1ccc(-c2ncc(CNC(=O)c3ccc4c(c3)CC(=O)c3ccccc3S4(=O)=O)s2)cc1. The van der Waals surface area contributed by atoms with Crippen molar-refractivity contribution >= 4 is 39.0 Å². The number of hydrogen-bond acceptors (Lipinski definition) is 7. The molecule has 192 valence electrons. The molecule has 0 radical (unpaired) electrons. The zero-order chi connectivity index (χ0) is 26.9. The average molecular weight is 548 g/mol. The van der Waals surface area contributed by atoms with Crippen molar-refractivity contribution in [1.29, 1.82) is 0 Å². The number of nitrogens with one attached hydrogen (secondary N) is 2. The van der Waals surface area contributed by atoms with Crippen LogP contribution in [0.25, 0.3) is 10.6 Å². The van der Waals surface area contributed by atoms with E-state index in [0.29, 0.717) is 5.56 Å². The molecule has 1 aliphatic rings. The van der Waals surface area contributed by atoms with E-state index in [9.17, 15) is 22.8 Å². The van der Waals surface area contributed by atoms with Gasteiger partial charge in [-0.1, -0.05) is 42.5 Å². The molecule has 1 aliphatic heterocycles. The van der Waals surface area contributed by atoms with Crippen molar-refractivity contribution in [3.05, 3.63) is 100 Å². The molecular formula is C27H21N3O6S2. The van der Waals surface area contributed by atoms with Gasteiger partial charge in [0.25, 0.3) is 5.91 Å². The second-order valence-electron chi connectivity index (χ2n) is 8.59. The summed E-state index contributed by atoms with van der Waals surface area (Å²) in [6.07, 6.45) is 0.464. The number of Topliss-reactive ketones (excluding diaryl/α,β-unsaturated/α-hetero) is 1. The molecule has 0 aliphatic carbocycles. The second-order valence-corrected chi connectivity index (χ2v) is 11.6. The molecule has 1 aromatic heterocycles. The van der Waals surface area contributed by atoms with Gasteiger partial charge in [0, 0.05) is 40.7 Å². The van der Waals surface area contributed by atoms with E-state index in [1.165, 1.54) is 41.7 Å². The number of amides is 2. The van der Waals surface area contributed by atoms with Gasteiger partial charge >= 0.3 is 6.09 Å². The highest BCUT2D eigenvalue weighted by atomic mass is 32.2. The van der Waals surface area contributed by atoms with Gasteiger partial charge in [0.1, 0.15) is 5.01 Å².